The normalized spacial score (nSPS) is 23.0. The van der Waals surface area contributed by atoms with Gasteiger partial charge in [0, 0.05) is 30.4 Å². The number of rotatable bonds is 11. The summed E-state index contributed by atoms with van der Waals surface area (Å²) in [5, 5.41) is 15.7. The Kier molecular flexibility index (Phi) is 9.21. The van der Waals surface area contributed by atoms with E-state index in [1.807, 2.05) is 44.2 Å². The predicted molar refractivity (Wildman–Crippen MR) is 155 cm³/mol. The zero-order valence-electron chi connectivity index (χ0n) is 24.8. The molecule has 2 aromatic rings. The molecule has 0 saturated carbocycles. The van der Waals surface area contributed by atoms with E-state index in [-0.39, 0.29) is 18.0 Å². The average Bonchev–Trinajstić information content (AvgIpc) is 3.15. The number of nitrogens with zero attached hydrogens (tertiary/aromatic N) is 2. The average molecular weight is 596 g/mol. The van der Waals surface area contributed by atoms with Gasteiger partial charge in [-0.3, -0.25) is 19.2 Å². The van der Waals surface area contributed by atoms with Gasteiger partial charge in [0.05, 0.1) is 24.6 Å². The summed E-state index contributed by atoms with van der Waals surface area (Å²) in [6.07, 6.45) is -2.11. The van der Waals surface area contributed by atoms with Gasteiger partial charge in [-0.25, -0.2) is 4.98 Å². The number of carbonyl (C=O) groups excluding carboxylic acids is 4. The van der Waals surface area contributed by atoms with E-state index in [9.17, 15) is 29.1 Å². The van der Waals surface area contributed by atoms with Gasteiger partial charge in [-0.2, -0.15) is 0 Å². The molecule has 1 aromatic carbocycles. The second kappa shape index (κ2) is 12.5. The number of pyridine rings is 1. The molecule has 3 heterocycles. The first-order valence-electron chi connectivity index (χ1n) is 14.1. The molecular formula is C29H37BN4O9. The van der Waals surface area contributed by atoms with Crippen molar-refractivity contribution in [1.82, 2.24) is 20.5 Å². The Balaban J connectivity index is 1.57. The lowest BCUT2D eigenvalue weighted by molar-refractivity contribution is -0.160. The van der Waals surface area contributed by atoms with E-state index in [1.165, 1.54) is 32.0 Å². The minimum Gasteiger partial charge on any atom is -0.715 e. The first-order chi connectivity index (χ1) is 20.2. The molecule has 14 heteroatoms. The van der Waals surface area contributed by atoms with E-state index in [2.05, 4.69) is 20.3 Å². The van der Waals surface area contributed by atoms with Crippen molar-refractivity contribution in [2.45, 2.75) is 63.7 Å². The van der Waals surface area contributed by atoms with Crippen LogP contribution < -0.4 is 10.6 Å². The Hall–Kier alpha value is -4.30. The van der Waals surface area contributed by atoms with Gasteiger partial charge in [0.2, 0.25) is 17.4 Å². The first kappa shape index (κ1) is 31.6. The van der Waals surface area contributed by atoms with E-state index in [4.69, 9.17) is 9.31 Å². The number of carbonyl (C=O) groups is 5. The van der Waals surface area contributed by atoms with Crippen molar-refractivity contribution >= 4 is 36.4 Å². The summed E-state index contributed by atoms with van der Waals surface area (Å²) in [4.78, 5) is 70.8. The number of amides is 3. The highest BCUT2D eigenvalue weighted by molar-refractivity contribution is 6.67. The number of benzene rings is 1. The molecular weight excluding hydrogens is 559 g/mol. The largest absolute Gasteiger partial charge is 0.715 e. The third-order valence-corrected chi connectivity index (χ3v) is 7.41. The number of aliphatic hydroxyl groups excluding tert-OH is 1. The number of hydrogen-bond acceptors (Lipinski definition) is 9. The smallest absolute Gasteiger partial charge is 0.594 e. The summed E-state index contributed by atoms with van der Waals surface area (Å²) in [6.45, 7) is 1.93. The molecule has 2 fully saturated rings. The topological polar surface area (TPSA) is 177 Å². The van der Waals surface area contributed by atoms with Gasteiger partial charge in [-0.15, -0.1) is 0 Å². The molecule has 4 rings (SSSR count). The van der Waals surface area contributed by atoms with Crippen molar-refractivity contribution in [3.8, 4) is 11.3 Å². The Morgan fingerprint density at radius 2 is 1.77 bits per heavy atom. The van der Waals surface area contributed by atoms with Crippen LogP contribution in [0.15, 0.2) is 48.5 Å². The fourth-order valence-corrected chi connectivity index (χ4v) is 5.22. The molecule has 4 N–H and O–H groups in total. The minimum atomic E-state index is -3.09. The van der Waals surface area contributed by atoms with Crippen LogP contribution >= 0.6 is 0 Å². The van der Waals surface area contributed by atoms with Gasteiger partial charge < -0.3 is 34.6 Å². The van der Waals surface area contributed by atoms with Gasteiger partial charge in [0.25, 0.3) is 11.9 Å². The number of fused-ring (bicyclic) bond motifs is 2. The van der Waals surface area contributed by atoms with Crippen molar-refractivity contribution in [3.05, 3.63) is 54.2 Å². The Morgan fingerprint density at radius 3 is 2.40 bits per heavy atom. The highest BCUT2D eigenvalue weighted by Gasteiger charge is 2.70. The van der Waals surface area contributed by atoms with Crippen molar-refractivity contribution < 1.29 is 43.0 Å². The molecule has 2 bridgehead atoms. The summed E-state index contributed by atoms with van der Waals surface area (Å²) in [5.41, 5.74) is -0.479. The van der Waals surface area contributed by atoms with Crippen LogP contribution in [-0.2, 0) is 28.5 Å². The quantitative estimate of drug-likeness (QED) is 0.246. The van der Waals surface area contributed by atoms with Crippen molar-refractivity contribution in [1.29, 1.82) is 0 Å². The van der Waals surface area contributed by atoms with Crippen molar-refractivity contribution in [3.63, 3.8) is 0 Å². The molecule has 13 nitrogen and oxygen atoms in total. The summed E-state index contributed by atoms with van der Waals surface area (Å²) in [6, 6.07) is 12.7. The number of carboxylic acids is 1. The zero-order chi connectivity index (χ0) is 31.5. The fourth-order valence-electron chi connectivity index (χ4n) is 5.22. The van der Waals surface area contributed by atoms with Crippen molar-refractivity contribution in [2.24, 2.45) is 5.92 Å². The molecule has 3 amide bonds. The van der Waals surface area contributed by atoms with E-state index < -0.39 is 72.9 Å². The van der Waals surface area contributed by atoms with E-state index in [1.54, 1.807) is 12.1 Å². The number of aromatic nitrogens is 1. The van der Waals surface area contributed by atoms with Crippen LogP contribution in [0, 0.1) is 5.92 Å². The van der Waals surface area contributed by atoms with Gasteiger partial charge >= 0.3 is 12.7 Å². The molecule has 2 aliphatic rings. The molecule has 0 radical (unpaired) electrons. The van der Waals surface area contributed by atoms with Crippen LogP contribution in [0.2, 0.25) is 0 Å². The summed E-state index contributed by atoms with van der Waals surface area (Å²) < 4.78 is 15.7. The zero-order valence-corrected chi connectivity index (χ0v) is 24.8. The molecule has 0 aliphatic carbocycles. The molecule has 0 spiro atoms. The van der Waals surface area contributed by atoms with Gasteiger partial charge in [-0.1, -0.05) is 56.7 Å². The molecule has 1 aromatic heterocycles. The number of hydrogen-bond donors (Lipinski definition) is 3. The van der Waals surface area contributed by atoms with Gasteiger partial charge in [-0.05, 0) is 25.0 Å². The van der Waals surface area contributed by atoms with E-state index in [0.29, 0.717) is 5.69 Å². The van der Waals surface area contributed by atoms with Gasteiger partial charge in [0.1, 0.15) is 11.7 Å². The summed E-state index contributed by atoms with van der Waals surface area (Å²) >= 11 is 0. The maximum Gasteiger partial charge on any atom is 0.594 e. The SMILES string of the molecule is CC(C)C[C@H](NC(=O)[C@@H](NC(=O)c1cccc(-c2ccccc2)n1)[C@@H](C)O)[B-]12OC(=O)C[C@](CC(=O)N(C)C)(O1)C(=O)[OH+]2. The third kappa shape index (κ3) is 6.86. The predicted octanol–water partition coefficient (Wildman–Crippen LogP) is 0.486. The Bertz CT molecular complexity index is 1400. The van der Waals surface area contributed by atoms with Crippen LogP contribution in [0.25, 0.3) is 11.3 Å². The van der Waals surface area contributed by atoms with Gasteiger partial charge in [0.15, 0.2) is 0 Å². The maximum atomic E-state index is 13.6. The Labute approximate surface area is 249 Å². The Morgan fingerprint density at radius 1 is 1.07 bits per heavy atom. The molecule has 2 saturated heterocycles. The third-order valence-electron chi connectivity index (χ3n) is 7.41. The molecule has 1 unspecified atom stereocenters. The summed E-state index contributed by atoms with van der Waals surface area (Å²) in [7, 11) is 3.02. The first-order valence-corrected chi connectivity index (χ1v) is 14.1. The summed E-state index contributed by atoms with van der Waals surface area (Å²) in [5.74, 6) is -4.81. The lowest BCUT2D eigenvalue weighted by Gasteiger charge is -2.44. The van der Waals surface area contributed by atoms with Crippen LogP contribution in [0.4, 0.5) is 0 Å². The number of aliphatic carboxylic acids is 1. The molecule has 230 valence electrons. The van der Waals surface area contributed by atoms with Crippen LogP contribution in [0.5, 0.6) is 0 Å². The van der Waals surface area contributed by atoms with Crippen molar-refractivity contribution in [2.75, 3.05) is 14.1 Å². The lowest BCUT2D eigenvalue weighted by atomic mass is 9.64. The fraction of sp³-hybridized carbons (Fsp3) is 0.448. The second-order valence-corrected chi connectivity index (χ2v) is 11.6. The standard InChI is InChI=1S/C29H37BN4O9/c1-17(2)14-22(30-41-24(37)16-29(43-30,28(40)42-30)15-23(36)34(4)5)32-27(39)25(18(3)35)33-26(38)21-13-9-12-20(31-21)19-10-7-6-8-11-19/h6-13,17-18,22,25,35,42H,14-16H2,1-5H3,(H,32,39)(H,33,38)/t18-,22+,25+,29+,30?/m1/s1. The lowest BCUT2D eigenvalue weighted by Crippen LogP contribution is -2.68. The second-order valence-electron chi connectivity index (χ2n) is 11.6. The van der Waals surface area contributed by atoms with Crippen LogP contribution in [-0.4, -0.2) is 93.8 Å². The highest BCUT2D eigenvalue weighted by atomic mass is 16.8. The monoisotopic (exact) mass is 596 g/mol. The highest BCUT2D eigenvalue weighted by Crippen LogP contribution is 2.41. The molecule has 43 heavy (non-hydrogen) atoms. The van der Waals surface area contributed by atoms with Crippen LogP contribution in [0.3, 0.4) is 0 Å². The molecule has 2 aliphatic heterocycles. The van der Waals surface area contributed by atoms with E-state index >= 15 is 0 Å². The maximum absolute atomic E-state index is 13.6. The number of aliphatic hydroxyl groups is 1. The molecule has 5 atom stereocenters. The number of nitrogens with one attached hydrogen (secondary N) is 2. The van der Waals surface area contributed by atoms with Crippen LogP contribution in [0.1, 0.15) is 50.5 Å². The minimum absolute atomic E-state index is 0.0256. The van der Waals surface area contributed by atoms with E-state index in [0.717, 1.165) is 5.56 Å².